The van der Waals surface area contributed by atoms with Crippen LogP contribution >= 0.6 is 0 Å². The number of aromatic nitrogens is 2. The zero-order chi connectivity index (χ0) is 20.5. The number of hydrogen-bond donors (Lipinski definition) is 3. The Morgan fingerprint density at radius 2 is 1.93 bits per heavy atom. The van der Waals surface area contributed by atoms with Gasteiger partial charge >= 0.3 is 6.18 Å². The molecular formula is C19H23F3N4O2. The van der Waals surface area contributed by atoms with E-state index in [0.29, 0.717) is 11.6 Å². The molecule has 3 rings (SSSR count). The van der Waals surface area contributed by atoms with Crippen molar-refractivity contribution in [3.8, 4) is 0 Å². The fourth-order valence-corrected chi connectivity index (χ4v) is 3.60. The van der Waals surface area contributed by atoms with Crippen LogP contribution in [0.5, 0.6) is 0 Å². The number of amides is 1. The summed E-state index contributed by atoms with van der Waals surface area (Å²) in [4.78, 5) is 11.8. The molecule has 1 amide bonds. The second-order valence-electron chi connectivity index (χ2n) is 7.26. The highest BCUT2D eigenvalue weighted by Gasteiger charge is 2.39. The number of nitrogens with zero attached hydrogens (tertiary/aromatic N) is 2. The summed E-state index contributed by atoms with van der Waals surface area (Å²) in [7, 11) is 0. The Balaban J connectivity index is 1.82. The van der Waals surface area contributed by atoms with Gasteiger partial charge in [-0.15, -0.1) is 0 Å². The van der Waals surface area contributed by atoms with Gasteiger partial charge in [0, 0.05) is 11.9 Å². The summed E-state index contributed by atoms with van der Waals surface area (Å²) in [6.07, 6.45) is -1.35. The minimum absolute atomic E-state index is 0.173. The molecule has 28 heavy (non-hydrogen) atoms. The SMILES string of the molecule is C[C@H]1CCCC[C@@H]1n1cc(C(N)=O)c(Nc2ccc([C@@H](O)C(F)(F)F)cc2)n1. The summed E-state index contributed by atoms with van der Waals surface area (Å²) in [5, 5.41) is 16.7. The number of carbonyl (C=O) groups is 1. The first kappa shape index (κ1) is 20.2. The van der Waals surface area contributed by atoms with Gasteiger partial charge < -0.3 is 16.2 Å². The average Bonchev–Trinajstić information content (AvgIpc) is 3.05. The number of anilines is 2. The number of aliphatic hydroxyl groups excluding tert-OH is 1. The number of nitrogens with one attached hydrogen (secondary N) is 1. The van der Waals surface area contributed by atoms with Crippen LogP contribution in [0.25, 0.3) is 0 Å². The van der Waals surface area contributed by atoms with Gasteiger partial charge in [-0.05, 0) is 36.5 Å². The molecule has 0 bridgehead atoms. The van der Waals surface area contributed by atoms with Gasteiger partial charge in [0.05, 0.1) is 6.04 Å². The normalized spacial score (nSPS) is 21.3. The van der Waals surface area contributed by atoms with Crippen LogP contribution in [0.4, 0.5) is 24.7 Å². The van der Waals surface area contributed by atoms with E-state index in [2.05, 4.69) is 17.3 Å². The first-order chi connectivity index (χ1) is 13.2. The number of benzene rings is 1. The molecule has 1 aliphatic rings. The molecule has 2 aromatic rings. The van der Waals surface area contributed by atoms with Crippen molar-refractivity contribution in [3.63, 3.8) is 0 Å². The quantitative estimate of drug-likeness (QED) is 0.710. The maximum Gasteiger partial charge on any atom is 0.418 e. The fourth-order valence-electron chi connectivity index (χ4n) is 3.60. The lowest BCUT2D eigenvalue weighted by atomic mass is 9.86. The van der Waals surface area contributed by atoms with E-state index in [1.165, 1.54) is 30.7 Å². The molecule has 4 N–H and O–H groups in total. The lowest BCUT2D eigenvalue weighted by molar-refractivity contribution is -0.206. The van der Waals surface area contributed by atoms with Gasteiger partial charge in [-0.25, -0.2) is 0 Å². The van der Waals surface area contributed by atoms with Crippen LogP contribution in [-0.4, -0.2) is 27.0 Å². The Bertz CT molecular complexity index is 833. The number of aliphatic hydroxyl groups is 1. The van der Waals surface area contributed by atoms with Crippen molar-refractivity contribution < 1.29 is 23.1 Å². The largest absolute Gasteiger partial charge is 0.418 e. The predicted molar refractivity (Wildman–Crippen MR) is 98.2 cm³/mol. The summed E-state index contributed by atoms with van der Waals surface area (Å²) in [5.41, 5.74) is 5.85. The van der Waals surface area contributed by atoms with Crippen molar-refractivity contribution in [2.24, 2.45) is 11.7 Å². The monoisotopic (exact) mass is 396 g/mol. The van der Waals surface area contributed by atoms with Crippen LogP contribution in [0.1, 0.15) is 60.7 Å². The standard InChI is InChI=1S/C19H23F3N4O2/c1-11-4-2-3-5-15(11)26-10-14(17(23)28)18(25-26)24-13-8-6-12(7-9-13)16(27)19(20,21)22/h6-11,15-16,27H,2-5H2,1H3,(H2,23,28)(H,24,25)/t11-,15-,16+/m0/s1. The highest BCUT2D eigenvalue weighted by molar-refractivity contribution is 5.98. The van der Waals surface area contributed by atoms with Gasteiger partial charge in [-0.3, -0.25) is 9.48 Å². The van der Waals surface area contributed by atoms with Crippen molar-refractivity contribution >= 4 is 17.4 Å². The van der Waals surface area contributed by atoms with E-state index in [0.717, 1.165) is 19.3 Å². The molecule has 6 nitrogen and oxygen atoms in total. The highest BCUT2D eigenvalue weighted by Crippen LogP contribution is 2.35. The number of nitrogens with two attached hydrogens (primary N) is 1. The highest BCUT2D eigenvalue weighted by atomic mass is 19.4. The minimum Gasteiger partial charge on any atom is -0.379 e. The van der Waals surface area contributed by atoms with Gasteiger partial charge in [0.15, 0.2) is 11.9 Å². The van der Waals surface area contributed by atoms with E-state index in [1.807, 2.05) is 0 Å². The molecule has 1 aromatic carbocycles. The third kappa shape index (κ3) is 4.30. The number of carbonyl (C=O) groups excluding carboxylic acids is 1. The summed E-state index contributed by atoms with van der Waals surface area (Å²) in [6.45, 7) is 2.15. The molecular weight excluding hydrogens is 373 g/mol. The number of primary amides is 1. The molecule has 0 unspecified atom stereocenters. The average molecular weight is 396 g/mol. The van der Waals surface area contributed by atoms with Crippen LogP contribution in [0.2, 0.25) is 0 Å². The molecule has 0 saturated heterocycles. The van der Waals surface area contributed by atoms with Crippen LogP contribution in [-0.2, 0) is 0 Å². The topological polar surface area (TPSA) is 93.2 Å². The number of halogens is 3. The van der Waals surface area contributed by atoms with Crippen LogP contribution in [0.3, 0.4) is 0 Å². The molecule has 3 atom stereocenters. The van der Waals surface area contributed by atoms with E-state index in [-0.39, 0.29) is 23.0 Å². The zero-order valence-electron chi connectivity index (χ0n) is 15.4. The predicted octanol–water partition coefficient (Wildman–Crippen LogP) is 4.07. The summed E-state index contributed by atoms with van der Waals surface area (Å²) >= 11 is 0. The number of rotatable bonds is 5. The molecule has 152 valence electrons. The smallest absolute Gasteiger partial charge is 0.379 e. The molecule has 0 radical (unpaired) electrons. The third-order valence-corrected chi connectivity index (χ3v) is 5.20. The van der Waals surface area contributed by atoms with E-state index in [4.69, 9.17) is 5.73 Å². The van der Waals surface area contributed by atoms with Crippen molar-refractivity contribution in [2.45, 2.75) is 50.9 Å². The molecule has 9 heteroatoms. The molecule has 1 aromatic heterocycles. The van der Waals surface area contributed by atoms with Crippen LogP contribution < -0.4 is 11.1 Å². The molecule has 1 fully saturated rings. The van der Waals surface area contributed by atoms with E-state index < -0.39 is 18.2 Å². The molecule has 1 saturated carbocycles. The second kappa shape index (κ2) is 7.83. The molecule has 0 spiro atoms. The van der Waals surface area contributed by atoms with Crippen molar-refractivity contribution in [3.05, 3.63) is 41.6 Å². The van der Waals surface area contributed by atoms with Gasteiger partial charge in [0.1, 0.15) is 5.56 Å². The van der Waals surface area contributed by atoms with Gasteiger partial charge in [-0.1, -0.05) is 31.9 Å². The third-order valence-electron chi connectivity index (χ3n) is 5.20. The number of hydrogen-bond acceptors (Lipinski definition) is 4. The molecule has 0 aliphatic heterocycles. The first-order valence-corrected chi connectivity index (χ1v) is 9.17. The van der Waals surface area contributed by atoms with Gasteiger partial charge in [-0.2, -0.15) is 18.3 Å². The minimum atomic E-state index is -4.73. The number of alkyl halides is 3. The summed E-state index contributed by atoms with van der Waals surface area (Å²) in [5.74, 6) is 0.0427. The Morgan fingerprint density at radius 3 is 2.50 bits per heavy atom. The summed E-state index contributed by atoms with van der Waals surface area (Å²) in [6, 6.07) is 5.29. The Kier molecular flexibility index (Phi) is 5.64. The maximum atomic E-state index is 12.6. The molecule has 1 heterocycles. The van der Waals surface area contributed by atoms with E-state index >= 15 is 0 Å². The summed E-state index contributed by atoms with van der Waals surface area (Å²) < 4.78 is 39.6. The zero-order valence-corrected chi connectivity index (χ0v) is 15.4. The fraction of sp³-hybridized carbons (Fsp3) is 0.474. The van der Waals surface area contributed by atoms with Crippen LogP contribution in [0.15, 0.2) is 30.5 Å². The molecule has 1 aliphatic carbocycles. The Hall–Kier alpha value is -2.55. The van der Waals surface area contributed by atoms with Crippen molar-refractivity contribution in [1.29, 1.82) is 0 Å². The Labute approximate surface area is 160 Å². The van der Waals surface area contributed by atoms with Gasteiger partial charge in [0.25, 0.3) is 5.91 Å². The lowest BCUT2D eigenvalue weighted by Crippen LogP contribution is -2.21. The second-order valence-corrected chi connectivity index (χ2v) is 7.26. The maximum absolute atomic E-state index is 12.6. The van der Waals surface area contributed by atoms with Gasteiger partial charge in [0.2, 0.25) is 0 Å². The first-order valence-electron chi connectivity index (χ1n) is 9.17. The lowest BCUT2D eigenvalue weighted by Gasteiger charge is -2.28. The van der Waals surface area contributed by atoms with Crippen LogP contribution in [0, 0.1) is 5.92 Å². The van der Waals surface area contributed by atoms with Crippen molar-refractivity contribution in [1.82, 2.24) is 9.78 Å². The van der Waals surface area contributed by atoms with E-state index in [1.54, 1.807) is 10.9 Å². The van der Waals surface area contributed by atoms with Crippen molar-refractivity contribution in [2.75, 3.05) is 5.32 Å². The van der Waals surface area contributed by atoms with E-state index in [9.17, 15) is 23.1 Å². The Morgan fingerprint density at radius 1 is 1.29 bits per heavy atom.